The van der Waals surface area contributed by atoms with E-state index in [9.17, 15) is 10.1 Å². The molecular weight excluding hydrogens is 254 g/mol. The molecule has 1 aromatic heterocycles. The number of nitrogens with one attached hydrogen (secondary N) is 1. The molecular formula is C12H10ClN3O2. The molecule has 2 rings (SSSR count). The zero-order valence-electron chi connectivity index (χ0n) is 9.55. The van der Waals surface area contributed by atoms with Crippen molar-refractivity contribution in [3.8, 4) is 0 Å². The second kappa shape index (κ2) is 5.01. The summed E-state index contributed by atoms with van der Waals surface area (Å²) in [5.41, 5.74) is 1.53. The van der Waals surface area contributed by atoms with E-state index < -0.39 is 4.92 Å². The zero-order valence-corrected chi connectivity index (χ0v) is 10.3. The molecule has 18 heavy (non-hydrogen) atoms. The summed E-state index contributed by atoms with van der Waals surface area (Å²) in [5, 5.41) is 14.3. The minimum atomic E-state index is -0.481. The number of aromatic nitrogens is 1. The maximum absolute atomic E-state index is 10.8. The first kappa shape index (κ1) is 12.3. The molecule has 0 atom stereocenters. The second-order valence-corrected chi connectivity index (χ2v) is 4.12. The molecule has 0 aliphatic heterocycles. The van der Waals surface area contributed by atoms with Crippen molar-refractivity contribution in [1.82, 2.24) is 4.98 Å². The van der Waals surface area contributed by atoms with E-state index in [2.05, 4.69) is 10.3 Å². The van der Waals surface area contributed by atoms with Gasteiger partial charge < -0.3 is 5.32 Å². The number of anilines is 2. The standard InChI is InChI=1S/C12H10ClN3O2/c1-8-4-5-9(7-10(8)13)15-12-11(16(17)18)3-2-6-14-12/h2-7H,1H3,(H,14,15). The molecule has 0 radical (unpaired) electrons. The topological polar surface area (TPSA) is 68.1 Å². The van der Waals surface area contributed by atoms with E-state index in [4.69, 9.17) is 11.6 Å². The van der Waals surface area contributed by atoms with Crippen LogP contribution in [0.4, 0.5) is 17.2 Å². The van der Waals surface area contributed by atoms with Gasteiger partial charge in [0.2, 0.25) is 5.82 Å². The first-order valence-electron chi connectivity index (χ1n) is 5.20. The van der Waals surface area contributed by atoms with Gasteiger partial charge >= 0.3 is 5.69 Å². The predicted octanol–water partition coefficient (Wildman–Crippen LogP) is 3.70. The molecule has 0 aliphatic rings. The second-order valence-electron chi connectivity index (χ2n) is 3.72. The van der Waals surface area contributed by atoms with Crippen LogP contribution in [-0.4, -0.2) is 9.91 Å². The number of nitrogens with zero attached hydrogens (tertiary/aromatic N) is 2. The fourth-order valence-corrected chi connectivity index (χ4v) is 1.63. The number of rotatable bonds is 3. The zero-order chi connectivity index (χ0) is 13.1. The highest BCUT2D eigenvalue weighted by molar-refractivity contribution is 6.31. The third kappa shape index (κ3) is 2.57. The summed E-state index contributed by atoms with van der Waals surface area (Å²) in [5.74, 6) is 0.197. The van der Waals surface area contributed by atoms with Crippen LogP contribution >= 0.6 is 11.6 Å². The molecule has 2 aromatic rings. The van der Waals surface area contributed by atoms with Gasteiger partial charge in [-0.25, -0.2) is 4.98 Å². The Bertz CT molecular complexity index is 602. The van der Waals surface area contributed by atoms with Crippen molar-refractivity contribution >= 4 is 28.8 Å². The third-order valence-electron chi connectivity index (χ3n) is 2.42. The van der Waals surface area contributed by atoms with Gasteiger partial charge in [-0.1, -0.05) is 17.7 Å². The quantitative estimate of drug-likeness (QED) is 0.677. The van der Waals surface area contributed by atoms with Crippen LogP contribution in [0.1, 0.15) is 5.56 Å². The fraction of sp³-hybridized carbons (Fsp3) is 0.0833. The van der Waals surface area contributed by atoms with Crippen molar-refractivity contribution in [3.05, 3.63) is 57.2 Å². The summed E-state index contributed by atoms with van der Waals surface area (Å²) in [6, 6.07) is 8.24. The maximum Gasteiger partial charge on any atom is 0.311 e. The predicted molar refractivity (Wildman–Crippen MR) is 70.4 cm³/mol. The number of pyridine rings is 1. The SMILES string of the molecule is Cc1ccc(Nc2ncccc2[N+](=O)[O-])cc1Cl. The molecule has 0 aliphatic carbocycles. The molecule has 6 heteroatoms. The van der Waals surface area contributed by atoms with Gasteiger partial charge in [-0.2, -0.15) is 0 Å². The fourth-order valence-electron chi connectivity index (χ4n) is 1.45. The van der Waals surface area contributed by atoms with Crippen molar-refractivity contribution in [3.63, 3.8) is 0 Å². The Morgan fingerprint density at radius 1 is 1.39 bits per heavy atom. The molecule has 0 bridgehead atoms. The largest absolute Gasteiger partial charge is 0.334 e. The lowest BCUT2D eigenvalue weighted by atomic mass is 10.2. The van der Waals surface area contributed by atoms with Gasteiger partial charge in [-0.05, 0) is 30.7 Å². The monoisotopic (exact) mass is 263 g/mol. The van der Waals surface area contributed by atoms with Crippen LogP contribution in [0, 0.1) is 17.0 Å². The van der Waals surface area contributed by atoms with Crippen molar-refractivity contribution in [2.24, 2.45) is 0 Å². The molecule has 1 heterocycles. The molecule has 1 N–H and O–H groups in total. The Hall–Kier alpha value is -2.14. The number of benzene rings is 1. The number of halogens is 1. The van der Waals surface area contributed by atoms with Gasteiger partial charge in [0.25, 0.3) is 0 Å². The Balaban J connectivity index is 2.34. The van der Waals surface area contributed by atoms with Gasteiger partial charge in [-0.15, -0.1) is 0 Å². The van der Waals surface area contributed by atoms with Gasteiger partial charge in [0, 0.05) is 23.0 Å². The van der Waals surface area contributed by atoms with Gasteiger partial charge in [0.05, 0.1) is 4.92 Å². The molecule has 92 valence electrons. The Morgan fingerprint density at radius 3 is 2.83 bits per heavy atom. The summed E-state index contributed by atoms with van der Waals surface area (Å²) in [7, 11) is 0. The number of hydrogen-bond donors (Lipinski definition) is 1. The third-order valence-corrected chi connectivity index (χ3v) is 2.82. The molecule has 0 amide bonds. The summed E-state index contributed by atoms with van der Waals surface area (Å²) >= 11 is 5.99. The van der Waals surface area contributed by atoms with E-state index in [0.717, 1.165) is 5.56 Å². The van der Waals surface area contributed by atoms with Crippen LogP contribution in [0.2, 0.25) is 5.02 Å². The van der Waals surface area contributed by atoms with Crippen LogP contribution in [0.3, 0.4) is 0 Å². The molecule has 0 spiro atoms. The lowest BCUT2D eigenvalue weighted by molar-refractivity contribution is -0.384. The highest BCUT2D eigenvalue weighted by Gasteiger charge is 2.14. The van der Waals surface area contributed by atoms with E-state index in [-0.39, 0.29) is 11.5 Å². The number of hydrogen-bond acceptors (Lipinski definition) is 4. The van der Waals surface area contributed by atoms with E-state index in [1.54, 1.807) is 12.1 Å². The smallest absolute Gasteiger partial charge is 0.311 e. The average Bonchev–Trinajstić information content (AvgIpc) is 2.34. The molecule has 5 nitrogen and oxygen atoms in total. The Labute approximate surface area is 109 Å². The molecule has 1 aromatic carbocycles. The summed E-state index contributed by atoms with van der Waals surface area (Å²) in [6.45, 7) is 1.88. The molecule has 0 saturated heterocycles. The van der Waals surface area contributed by atoms with E-state index in [1.165, 1.54) is 18.3 Å². The average molecular weight is 264 g/mol. The van der Waals surface area contributed by atoms with Crippen LogP contribution < -0.4 is 5.32 Å². The normalized spacial score (nSPS) is 10.1. The van der Waals surface area contributed by atoms with Crippen molar-refractivity contribution in [2.75, 3.05) is 5.32 Å². The number of aryl methyl sites for hydroxylation is 1. The minimum absolute atomic E-state index is 0.0748. The van der Waals surface area contributed by atoms with Crippen LogP contribution in [-0.2, 0) is 0 Å². The summed E-state index contributed by atoms with van der Waals surface area (Å²) in [4.78, 5) is 14.3. The first-order chi connectivity index (χ1) is 8.58. The van der Waals surface area contributed by atoms with Crippen LogP contribution in [0.15, 0.2) is 36.5 Å². The van der Waals surface area contributed by atoms with Crippen LogP contribution in [0.5, 0.6) is 0 Å². The number of nitro groups is 1. The minimum Gasteiger partial charge on any atom is -0.334 e. The van der Waals surface area contributed by atoms with Crippen molar-refractivity contribution in [1.29, 1.82) is 0 Å². The summed E-state index contributed by atoms with van der Waals surface area (Å²) in [6.07, 6.45) is 1.49. The first-order valence-corrected chi connectivity index (χ1v) is 5.58. The highest BCUT2D eigenvalue weighted by atomic mass is 35.5. The lowest BCUT2D eigenvalue weighted by Gasteiger charge is -2.07. The van der Waals surface area contributed by atoms with Crippen molar-refractivity contribution < 1.29 is 4.92 Å². The Kier molecular flexibility index (Phi) is 3.43. The van der Waals surface area contributed by atoms with E-state index in [0.29, 0.717) is 10.7 Å². The lowest BCUT2D eigenvalue weighted by Crippen LogP contribution is -1.99. The van der Waals surface area contributed by atoms with Gasteiger partial charge in [0.1, 0.15) is 0 Å². The maximum atomic E-state index is 10.8. The molecule has 0 fully saturated rings. The molecule has 0 unspecified atom stereocenters. The van der Waals surface area contributed by atoms with Crippen LogP contribution in [0.25, 0.3) is 0 Å². The van der Waals surface area contributed by atoms with E-state index in [1.807, 2.05) is 13.0 Å². The van der Waals surface area contributed by atoms with E-state index >= 15 is 0 Å². The highest BCUT2D eigenvalue weighted by Crippen LogP contribution is 2.27. The molecule has 0 saturated carbocycles. The van der Waals surface area contributed by atoms with Crippen molar-refractivity contribution in [2.45, 2.75) is 6.92 Å². The summed E-state index contributed by atoms with van der Waals surface area (Å²) < 4.78 is 0. The Morgan fingerprint density at radius 2 is 2.17 bits per heavy atom. The van der Waals surface area contributed by atoms with Gasteiger partial charge in [-0.3, -0.25) is 10.1 Å². The van der Waals surface area contributed by atoms with Gasteiger partial charge in [0.15, 0.2) is 0 Å².